The predicted octanol–water partition coefficient (Wildman–Crippen LogP) is 2.41. The number of amides is 1. The second-order valence-electron chi connectivity index (χ2n) is 8.36. The Kier molecular flexibility index (Phi) is 7.16. The molecule has 10 nitrogen and oxygen atoms in total. The fraction of sp³-hybridized carbons (Fsp3) is 0.231. The first-order valence-corrected chi connectivity index (χ1v) is 11.4. The van der Waals surface area contributed by atoms with Crippen LogP contribution in [0.3, 0.4) is 0 Å². The van der Waals surface area contributed by atoms with Crippen LogP contribution in [0.1, 0.15) is 27.2 Å². The summed E-state index contributed by atoms with van der Waals surface area (Å²) in [6.45, 7) is 4.13. The molecule has 0 bridgehead atoms. The number of hydrogen-bond donors (Lipinski definition) is 2. The zero-order valence-corrected chi connectivity index (χ0v) is 20.4. The van der Waals surface area contributed by atoms with Crippen molar-refractivity contribution in [3.63, 3.8) is 0 Å². The summed E-state index contributed by atoms with van der Waals surface area (Å²) < 4.78 is 7.95. The highest BCUT2D eigenvalue weighted by atomic mass is 16.5. The van der Waals surface area contributed by atoms with Crippen molar-refractivity contribution in [2.75, 3.05) is 24.4 Å². The summed E-state index contributed by atoms with van der Waals surface area (Å²) in [6.07, 6.45) is 1.48. The van der Waals surface area contributed by atoms with E-state index in [0.29, 0.717) is 11.3 Å². The maximum Gasteiger partial charge on any atom is 0.330 e. The lowest BCUT2D eigenvalue weighted by molar-refractivity contribution is 0.0984. The van der Waals surface area contributed by atoms with Gasteiger partial charge in [0.2, 0.25) is 0 Å². The standard InChI is InChI=1S/C26H28N6O4/c1-17-9-7-8-12-21(17)32-18(2)20(15-28-32)25(34)31(16-19-10-5-4-6-11-19)22-23(27)30(13-14-36-3)26(35)29-24(22)33/h4-12,15H,13-14,16,27H2,1-3H3,(H,29,33,35). The van der Waals surface area contributed by atoms with Crippen molar-refractivity contribution in [2.45, 2.75) is 26.9 Å². The minimum Gasteiger partial charge on any atom is -0.383 e. The molecule has 2 heterocycles. The average molecular weight is 489 g/mol. The van der Waals surface area contributed by atoms with Crippen LogP contribution in [0.25, 0.3) is 5.69 Å². The Hall–Kier alpha value is -4.44. The number of anilines is 2. The van der Waals surface area contributed by atoms with Gasteiger partial charge in [-0.15, -0.1) is 0 Å². The largest absolute Gasteiger partial charge is 0.383 e. The molecular formula is C26H28N6O4. The molecular weight excluding hydrogens is 460 g/mol. The number of methoxy groups -OCH3 is 1. The minimum atomic E-state index is -0.751. The normalized spacial score (nSPS) is 11.0. The lowest BCUT2D eigenvalue weighted by Gasteiger charge is -2.24. The zero-order chi connectivity index (χ0) is 25.8. The van der Waals surface area contributed by atoms with Crippen molar-refractivity contribution in [1.82, 2.24) is 19.3 Å². The van der Waals surface area contributed by atoms with E-state index in [1.807, 2.05) is 61.5 Å². The number of H-pyrrole nitrogens is 1. The van der Waals surface area contributed by atoms with Crippen LogP contribution in [0, 0.1) is 13.8 Å². The third-order valence-corrected chi connectivity index (χ3v) is 6.02. The van der Waals surface area contributed by atoms with Crippen LogP contribution in [0.2, 0.25) is 0 Å². The van der Waals surface area contributed by atoms with Crippen molar-refractivity contribution >= 4 is 17.4 Å². The number of para-hydroxylation sites is 1. The maximum atomic E-state index is 14.0. The number of hydrogen-bond acceptors (Lipinski definition) is 6. The van der Waals surface area contributed by atoms with E-state index in [1.165, 1.54) is 22.8 Å². The zero-order valence-electron chi connectivity index (χ0n) is 20.4. The predicted molar refractivity (Wildman–Crippen MR) is 138 cm³/mol. The number of nitrogens with one attached hydrogen (secondary N) is 1. The molecule has 0 atom stereocenters. The Balaban J connectivity index is 1.85. The molecule has 1 amide bonds. The Morgan fingerprint density at radius 3 is 2.47 bits per heavy atom. The number of nitrogens with two attached hydrogens (primary N) is 1. The Labute approximate surface area is 207 Å². The summed E-state index contributed by atoms with van der Waals surface area (Å²) in [5, 5.41) is 4.45. The number of aryl methyl sites for hydroxylation is 1. The molecule has 0 radical (unpaired) electrons. The van der Waals surface area contributed by atoms with Gasteiger partial charge < -0.3 is 10.5 Å². The number of benzene rings is 2. The van der Waals surface area contributed by atoms with Gasteiger partial charge in [0.25, 0.3) is 11.5 Å². The summed E-state index contributed by atoms with van der Waals surface area (Å²) in [6, 6.07) is 16.9. The van der Waals surface area contributed by atoms with E-state index in [2.05, 4.69) is 10.1 Å². The molecule has 36 heavy (non-hydrogen) atoms. The van der Waals surface area contributed by atoms with Crippen LogP contribution in [0.5, 0.6) is 0 Å². The smallest absolute Gasteiger partial charge is 0.330 e. The SMILES string of the molecule is COCCn1c(N)c(N(Cc2ccccc2)C(=O)c2cnn(-c3ccccc3C)c2C)c(=O)[nH]c1=O. The van der Waals surface area contributed by atoms with Gasteiger partial charge in [-0.05, 0) is 31.0 Å². The second-order valence-corrected chi connectivity index (χ2v) is 8.36. The molecule has 3 N–H and O–H groups in total. The molecule has 2 aromatic heterocycles. The first-order chi connectivity index (χ1) is 17.3. The molecule has 0 aliphatic heterocycles. The van der Waals surface area contributed by atoms with Crippen LogP contribution < -0.4 is 21.9 Å². The molecule has 0 fully saturated rings. The number of nitrogens with zero attached hydrogens (tertiary/aromatic N) is 4. The Morgan fingerprint density at radius 2 is 1.78 bits per heavy atom. The van der Waals surface area contributed by atoms with Gasteiger partial charge in [-0.2, -0.15) is 5.10 Å². The van der Waals surface area contributed by atoms with E-state index in [0.717, 1.165) is 16.8 Å². The number of aromatic nitrogens is 4. The van der Waals surface area contributed by atoms with E-state index in [1.54, 1.807) is 11.6 Å². The van der Waals surface area contributed by atoms with Crippen molar-refractivity contribution < 1.29 is 9.53 Å². The second kappa shape index (κ2) is 10.4. The van der Waals surface area contributed by atoms with Gasteiger partial charge in [-0.3, -0.25) is 24.0 Å². The summed E-state index contributed by atoms with van der Waals surface area (Å²) >= 11 is 0. The highest BCUT2D eigenvalue weighted by Gasteiger charge is 2.28. The summed E-state index contributed by atoms with van der Waals surface area (Å²) in [4.78, 5) is 43.0. The lowest BCUT2D eigenvalue weighted by atomic mass is 10.1. The molecule has 0 aliphatic carbocycles. The van der Waals surface area contributed by atoms with Crippen LogP contribution >= 0.6 is 0 Å². The molecule has 4 rings (SSSR count). The summed E-state index contributed by atoms with van der Waals surface area (Å²) in [7, 11) is 1.49. The van der Waals surface area contributed by atoms with E-state index >= 15 is 0 Å². The fourth-order valence-electron chi connectivity index (χ4n) is 4.07. The van der Waals surface area contributed by atoms with Crippen molar-refractivity contribution in [2.24, 2.45) is 0 Å². The molecule has 186 valence electrons. The van der Waals surface area contributed by atoms with Gasteiger partial charge >= 0.3 is 5.69 Å². The van der Waals surface area contributed by atoms with Gasteiger partial charge in [0.1, 0.15) is 5.82 Å². The minimum absolute atomic E-state index is 0.0599. The van der Waals surface area contributed by atoms with Gasteiger partial charge in [-0.1, -0.05) is 48.5 Å². The topological polar surface area (TPSA) is 128 Å². The van der Waals surface area contributed by atoms with Crippen molar-refractivity contribution in [3.05, 3.63) is 104 Å². The quantitative estimate of drug-likeness (QED) is 0.392. The maximum absolute atomic E-state index is 14.0. The lowest BCUT2D eigenvalue weighted by Crippen LogP contribution is -2.41. The summed E-state index contributed by atoms with van der Waals surface area (Å²) in [5.41, 5.74) is 8.32. The fourth-order valence-corrected chi connectivity index (χ4v) is 4.07. The van der Waals surface area contributed by atoms with Gasteiger partial charge in [0.15, 0.2) is 5.69 Å². The van der Waals surface area contributed by atoms with Crippen LogP contribution in [0.15, 0.2) is 70.4 Å². The number of carbonyl (C=O) groups excluding carboxylic acids is 1. The van der Waals surface area contributed by atoms with Crippen molar-refractivity contribution in [1.29, 1.82) is 0 Å². The van der Waals surface area contributed by atoms with E-state index in [9.17, 15) is 14.4 Å². The third kappa shape index (κ3) is 4.71. The average Bonchev–Trinajstić information content (AvgIpc) is 3.24. The van der Waals surface area contributed by atoms with Crippen molar-refractivity contribution in [3.8, 4) is 5.69 Å². The molecule has 0 spiro atoms. The highest BCUT2D eigenvalue weighted by Crippen LogP contribution is 2.25. The van der Waals surface area contributed by atoms with Gasteiger partial charge in [0, 0.05) is 7.11 Å². The molecule has 10 heteroatoms. The first kappa shape index (κ1) is 24.7. The van der Waals surface area contributed by atoms with E-state index in [4.69, 9.17) is 10.5 Å². The number of rotatable bonds is 8. The monoisotopic (exact) mass is 488 g/mol. The van der Waals surface area contributed by atoms with Crippen LogP contribution in [-0.2, 0) is 17.8 Å². The first-order valence-electron chi connectivity index (χ1n) is 11.4. The molecule has 0 saturated heterocycles. The number of ether oxygens (including phenoxy) is 1. The molecule has 0 aliphatic rings. The third-order valence-electron chi connectivity index (χ3n) is 6.02. The number of carbonyl (C=O) groups is 1. The molecule has 2 aromatic carbocycles. The Bertz CT molecular complexity index is 1500. The van der Waals surface area contributed by atoms with Gasteiger partial charge in [0.05, 0.1) is 42.8 Å². The van der Waals surface area contributed by atoms with Crippen LogP contribution in [-0.4, -0.2) is 39.0 Å². The summed E-state index contributed by atoms with van der Waals surface area (Å²) in [5.74, 6) is -0.584. The Morgan fingerprint density at radius 1 is 1.08 bits per heavy atom. The molecule has 4 aromatic rings. The molecule has 0 unspecified atom stereocenters. The number of aromatic amines is 1. The van der Waals surface area contributed by atoms with E-state index in [-0.39, 0.29) is 31.2 Å². The molecule has 0 saturated carbocycles. The highest BCUT2D eigenvalue weighted by molar-refractivity contribution is 6.07. The number of nitrogen functional groups attached to an aromatic ring is 1. The van der Waals surface area contributed by atoms with Gasteiger partial charge in [-0.25, -0.2) is 9.48 Å². The van der Waals surface area contributed by atoms with Crippen LogP contribution in [0.4, 0.5) is 11.5 Å². The van der Waals surface area contributed by atoms with E-state index < -0.39 is 17.2 Å².